The molecule has 5 nitrogen and oxygen atoms in total. The third kappa shape index (κ3) is 3.05. The zero-order valence-electron chi connectivity index (χ0n) is 14.8. The van der Waals surface area contributed by atoms with Gasteiger partial charge in [0.05, 0.1) is 18.7 Å². The van der Waals surface area contributed by atoms with Gasteiger partial charge in [-0.05, 0) is 54.7 Å². The number of anilines is 2. The molecule has 4 rings (SSSR count). The first-order chi connectivity index (χ1) is 12.7. The Labute approximate surface area is 153 Å². The van der Waals surface area contributed by atoms with E-state index < -0.39 is 0 Å². The molecule has 0 radical (unpaired) electrons. The molecule has 1 N–H and O–H groups in total. The molecule has 1 saturated heterocycles. The predicted octanol–water partition coefficient (Wildman–Crippen LogP) is 3.18. The van der Waals surface area contributed by atoms with Crippen molar-refractivity contribution in [1.82, 2.24) is 0 Å². The summed E-state index contributed by atoms with van der Waals surface area (Å²) in [5.41, 5.74) is 4.23. The first-order valence-electron chi connectivity index (χ1n) is 9.02. The van der Waals surface area contributed by atoms with E-state index >= 15 is 0 Å². The Morgan fingerprint density at radius 2 is 1.96 bits per heavy atom. The van der Waals surface area contributed by atoms with Gasteiger partial charge < -0.3 is 15.0 Å². The maximum atomic E-state index is 12.7. The zero-order chi connectivity index (χ0) is 18.1. The number of nitrogens with one attached hydrogen (secondary N) is 1. The quantitative estimate of drug-likeness (QED) is 0.921. The fourth-order valence-corrected chi connectivity index (χ4v) is 3.86. The van der Waals surface area contributed by atoms with Crippen LogP contribution in [0.4, 0.5) is 11.4 Å². The summed E-state index contributed by atoms with van der Waals surface area (Å²) >= 11 is 0. The van der Waals surface area contributed by atoms with E-state index in [0.717, 1.165) is 18.5 Å². The minimum absolute atomic E-state index is 0.0522. The van der Waals surface area contributed by atoms with Crippen LogP contribution in [0, 0.1) is 5.92 Å². The molecule has 2 aliphatic rings. The molecule has 134 valence electrons. The van der Waals surface area contributed by atoms with E-state index in [9.17, 15) is 9.59 Å². The van der Waals surface area contributed by atoms with Gasteiger partial charge in [0.2, 0.25) is 11.8 Å². The van der Waals surface area contributed by atoms with Crippen molar-refractivity contribution in [3.63, 3.8) is 0 Å². The van der Waals surface area contributed by atoms with Crippen molar-refractivity contribution in [2.45, 2.75) is 25.7 Å². The lowest BCUT2D eigenvalue weighted by atomic mass is 10.1. The Balaban J connectivity index is 1.47. The van der Waals surface area contributed by atoms with Gasteiger partial charge >= 0.3 is 0 Å². The highest BCUT2D eigenvalue weighted by Crippen LogP contribution is 2.33. The standard InChI is InChI=1S/C21H22N2O3/c1-26-19-8-3-2-7-18(19)23-13-16(12-20(23)24)21(25)22-17-10-9-14-5-4-6-15(14)11-17/h2-3,7-11,16H,4-6,12-13H2,1H3,(H,22,25). The molecule has 2 amide bonds. The Morgan fingerprint density at radius 1 is 1.15 bits per heavy atom. The summed E-state index contributed by atoms with van der Waals surface area (Å²) in [4.78, 5) is 26.8. The van der Waals surface area contributed by atoms with Gasteiger partial charge in [0.1, 0.15) is 5.75 Å². The van der Waals surface area contributed by atoms with Crippen LogP contribution in [0.3, 0.4) is 0 Å². The second kappa shape index (κ2) is 6.83. The molecule has 1 aliphatic heterocycles. The van der Waals surface area contributed by atoms with Gasteiger partial charge in [0.15, 0.2) is 0 Å². The van der Waals surface area contributed by atoms with Crippen molar-refractivity contribution < 1.29 is 14.3 Å². The number of carbonyl (C=O) groups is 2. The molecule has 26 heavy (non-hydrogen) atoms. The average Bonchev–Trinajstić information content (AvgIpc) is 3.27. The average molecular weight is 350 g/mol. The van der Waals surface area contributed by atoms with Crippen LogP contribution < -0.4 is 15.0 Å². The van der Waals surface area contributed by atoms with Crippen LogP contribution in [0.2, 0.25) is 0 Å². The lowest BCUT2D eigenvalue weighted by molar-refractivity contribution is -0.122. The molecule has 0 aromatic heterocycles. The summed E-state index contributed by atoms with van der Waals surface area (Å²) in [6.07, 6.45) is 3.59. The maximum absolute atomic E-state index is 12.7. The minimum atomic E-state index is -0.360. The van der Waals surface area contributed by atoms with Crippen LogP contribution in [-0.2, 0) is 22.4 Å². The Kier molecular flexibility index (Phi) is 4.37. The highest BCUT2D eigenvalue weighted by Gasteiger charge is 2.36. The molecule has 0 saturated carbocycles. The molecule has 2 aromatic carbocycles. The van der Waals surface area contributed by atoms with E-state index in [0.29, 0.717) is 18.0 Å². The molecule has 1 atom stereocenters. The number of amides is 2. The van der Waals surface area contributed by atoms with Gasteiger partial charge in [-0.3, -0.25) is 9.59 Å². The van der Waals surface area contributed by atoms with Crippen LogP contribution in [0.15, 0.2) is 42.5 Å². The number of methoxy groups -OCH3 is 1. The first kappa shape index (κ1) is 16.6. The van der Waals surface area contributed by atoms with Crippen molar-refractivity contribution in [1.29, 1.82) is 0 Å². The normalized spacial score (nSPS) is 18.7. The fraction of sp³-hybridized carbons (Fsp3) is 0.333. The van der Waals surface area contributed by atoms with Crippen LogP contribution in [-0.4, -0.2) is 25.5 Å². The highest BCUT2D eigenvalue weighted by atomic mass is 16.5. The van der Waals surface area contributed by atoms with Crippen LogP contribution in [0.5, 0.6) is 5.75 Å². The van der Waals surface area contributed by atoms with Gasteiger partial charge in [-0.1, -0.05) is 18.2 Å². The second-order valence-corrected chi connectivity index (χ2v) is 6.90. The van der Waals surface area contributed by atoms with Crippen LogP contribution in [0.25, 0.3) is 0 Å². The Bertz CT molecular complexity index is 862. The number of aryl methyl sites for hydroxylation is 2. The summed E-state index contributed by atoms with van der Waals surface area (Å²) in [5, 5.41) is 2.99. The third-order valence-corrected chi connectivity index (χ3v) is 5.24. The molecule has 2 aromatic rings. The molecule has 0 spiro atoms. The maximum Gasteiger partial charge on any atom is 0.229 e. The van der Waals surface area contributed by atoms with Crippen molar-refractivity contribution in [3.8, 4) is 5.75 Å². The third-order valence-electron chi connectivity index (χ3n) is 5.24. The van der Waals surface area contributed by atoms with Gasteiger partial charge in [0.25, 0.3) is 0 Å². The number of rotatable bonds is 4. The molecular weight excluding hydrogens is 328 g/mol. The zero-order valence-corrected chi connectivity index (χ0v) is 14.8. The van der Waals surface area contributed by atoms with Crippen LogP contribution in [0.1, 0.15) is 24.0 Å². The van der Waals surface area contributed by atoms with Crippen molar-refractivity contribution in [2.24, 2.45) is 5.92 Å². The fourth-order valence-electron chi connectivity index (χ4n) is 3.86. The Hall–Kier alpha value is -2.82. The molecule has 5 heteroatoms. The van der Waals surface area contributed by atoms with Gasteiger partial charge in [0, 0.05) is 18.7 Å². The molecule has 1 heterocycles. The van der Waals surface area contributed by atoms with E-state index in [-0.39, 0.29) is 24.2 Å². The predicted molar refractivity (Wildman–Crippen MR) is 101 cm³/mol. The van der Waals surface area contributed by atoms with Crippen molar-refractivity contribution >= 4 is 23.2 Å². The van der Waals surface area contributed by atoms with E-state index in [1.807, 2.05) is 30.3 Å². The van der Waals surface area contributed by atoms with Gasteiger partial charge in [-0.2, -0.15) is 0 Å². The summed E-state index contributed by atoms with van der Waals surface area (Å²) in [5.74, 6) is 0.124. The number of hydrogen-bond donors (Lipinski definition) is 1. The molecule has 1 unspecified atom stereocenters. The molecule has 1 fully saturated rings. The summed E-state index contributed by atoms with van der Waals surface area (Å²) < 4.78 is 5.35. The highest BCUT2D eigenvalue weighted by molar-refractivity contribution is 6.04. The Morgan fingerprint density at radius 3 is 2.81 bits per heavy atom. The summed E-state index contributed by atoms with van der Waals surface area (Å²) in [6, 6.07) is 13.5. The molecule has 0 bridgehead atoms. The lowest BCUT2D eigenvalue weighted by Crippen LogP contribution is -2.28. The van der Waals surface area contributed by atoms with E-state index in [1.165, 1.54) is 17.5 Å². The number of carbonyl (C=O) groups excluding carboxylic acids is 2. The van der Waals surface area contributed by atoms with E-state index in [1.54, 1.807) is 12.0 Å². The van der Waals surface area contributed by atoms with Gasteiger partial charge in [-0.25, -0.2) is 0 Å². The lowest BCUT2D eigenvalue weighted by Gasteiger charge is -2.19. The first-order valence-corrected chi connectivity index (χ1v) is 9.02. The largest absolute Gasteiger partial charge is 0.495 e. The van der Waals surface area contributed by atoms with Crippen LogP contribution >= 0.6 is 0 Å². The smallest absolute Gasteiger partial charge is 0.229 e. The minimum Gasteiger partial charge on any atom is -0.495 e. The number of hydrogen-bond acceptors (Lipinski definition) is 3. The van der Waals surface area contributed by atoms with Crippen molar-refractivity contribution in [3.05, 3.63) is 53.6 Å². The summed E-state index contributed by atoms with van der Waals surface area (Å²) in [6.45, 7) is 0.371. The van der Waals surface area contributed by atoms with Gasteiger partial charge in [-0.15, -0.1) is 0 Å². The number of benzene rings is 2. The van der Waals surface area contributed by atoms with Crippen molar-refractivity contribution in [2.75, 3.05) is 23.9 Å². The van der Waals surface area contributed by atoms with E-state index in [2.05, 4.69) is 17.4 Å². The number of fused-ring (bicyclic) bond motifs is 1. The second-order valence-electron chi connectivity index (χ2n) is 6.90. The molecule has 1 aliphatic carbocycles. The van der Waals surface area contributed by atoms with E-state index in [4.69, 9.17) is 4.74 Å². The SMILES string of the molecule is COc1ccccc1N1CC(C(=O)Nc2ccc3c(c2)CCC3)CC1=O. The number of ether oxygens (including phenoxy) is 1. The topological polar surface area (TPSA) is 58.6 Å². The monoisotopic (exact) mass is 350 g/mol. The molecular formula is C21H22N2O3. The summed E-state index contributed by atoms with van der Waals surface area (Å²) in [7, 11) is 1.58. The number of para-hydroxylation sites is 2. The number of nitrogens with zero attached hydrogens (tertiary/aromatic N) is 1.